The second-order valence-electron chi connectivity index (χ2n) is 5.40. The summed E-state index contributed by atoms with van der Waals surface area (Å²) in [5, 5.41) is 22.7. The molecule has 0 spiro atoms. The van der Waals surface area contributed by atoms with Crippen molar-refractivity contribution in [2.24, 2.45) is 5.73 Å². The number of benzene rings is 2. The minimum Gasteiger partial charge on any atom is -0.504 e. The van der Waals surface area contributed by atoms with E-state index in [2.05, 4.69) is 11.4 Å². The van der Waals surface area contributed by atoms with Gasteiger partial charge in [0.1, 0.15) is 5.75 Å². The monoisotopic (exact) mass is 300 g/mol. The van der Waals surface area contributed by atoms with Crippen molar-refractivity contribution in [2.75, 3.05) is 25.0 Å². The van der Waals surface area contributed by atoms with Gasteiger partial charge in [0.25, 0.3) is 0 Å². The fourth-order valence-corrected chi connectivity index (χ4v) is 2.78. The first-order chi connectivity index (χ1) is 10.7. The molecule has 0 fully saturated rings. The van der Waals surface area contributed by atoms with Gasteiger partial charge in [-0.2, -0.15) is 0 Å². The molecular weight excluding hydrogens is 280 g/mol. The maximum Gasteiger partial charge on any atom is 0.161 e. The number of ether oxygens (including phenoxy) is 1. The second kappa shape index (κ2) is 6.15. The third-order valence-corrected chi connectivity index (χ3v) is 3.92. The number of anilines is 1. The Hall–Kier alpha value is -2.40. The van der Waals surface area contributed by atoms with Crippen LogP contribution < -0.4 is 15.8 Å². The van der Waals surface area contributed by atoms with E-state index in [1.165, 1.54) is 6.07 Å². The van der Waals surface area contributed by atoms with Crippen molar-refractivity contribution in [2.45, 2.75) is 12.3 Å². The Kier molecular flexibility index (Phi) is 4.06. The molecule has 1 atom stereocenters. The van der Waals surface area contributed by atoms with Crippen LogP contribution in [0.3, 0.4) is 0 Å². The van der Waals surface area contributed by atoms with E-state index >= 15 is 0 Å². The van der Waals surface area contributed by atoms with Gasteiger partial charge in [-0.05, 0) is 30.7 Å². The Morgan fingerprint density at radius 2 is 1.91 bits per heavy atom. The Morgan fingerprint density at radius 1 is 1.14 bits per heavy atom. The highest BCUT2D eigenvalue weighted by molar-refractivity contribution is 5.60. The first kappa shape index (κ1) is 14.5. The van der Waals surface area contributed by atoms with Crippen LogP contribution in [0.4, 0.5) is 5.69 Å². The highest BCUT2D eigenvalue weighted by atomic mass is 16.5. The van der Waals surface area contributed by atoms with Gasteiger partial charge in [-0.3, -0.25) is 0 Å². The molecule has 0 aliphatic carbocycles. The van der Waals surface area contributed by atoms with E-state index in [0.717, 1.165) is 29.8 Å². The average molecular weight is 300 g/mol. The van der Waals surface area contributed by atoms with Crippen LogP contribution in [0.25, 0.3) is 0 Å². The summed E-state index contributed by atoms with van der Waals surface area (Å²) in [6, 6.07) is 11.1. The number of fused-ring (bicyclic) bond motifs is 1. The van der Waals surface area contributed by atoms with E-state index in [4.69, 9.17) is 10.5 Å². The SMILES string of the molecule is NCCCNc1ccccc1C1COc2cc(O)c(O)cc21. The summed E-state index contributed by atoms with van der Waals surface area (Å²) in [7, 11) is 0. The molecule has 0 saturated heterocycles. The molecule has 0 saturated carbocycles. The average Bonchev–Trinajstić information content (AvgIpc) is 2.91. The lowest BCUT2D eigenvalue weighted by Crippen LogP contribution is -2.12. The second-order valence-corrected chi connectivity index (χ2v) is 5.40. The Morgan fingerprint density at radius 3 is 2.73 bits per heavy atom. The van der Waals surface area contributed by atoms with Crippen LogP contribution >= 0.6 is 0 Å². The zero-order chi connectivity index (χ0) is 15.5. The van der Waals surface area contributed by atoms with E-state index in [0.29, 0.717) is 18.9 Å². The fourth-order valence-electron chi connectivity index (χ4n) is 2.78. The van der Waals surface area contributed by atoms with Crippen LogP contribution in [-0.2, 0) is 0 Å². The third-order valence-electron chi connectivity index (χ3n) is 3.92. The maximum atomic E-state index is 9.76. The molecule has 116 valence electrons. The van der Waals surface area contributed by atoms with E-state index in [-0.39, 0.29) is 17.4 Å². The van der Waals surface area contributed by atoms with Gasteiger partial charge in [0.2, 0.25) is 0 Å². The molecule has 2 aromatic rings. The molecule has 0 radical (unpaired) electrons. The Labute approximate surface area is 129 Å². The molecule has 3 rings (SSSR count). The lowest BCUT2D eigenvalue weighted by atomic mass is 9.91. The molecule has 1 unspecified atom stereocenters. The lowest BCUT2D eigenvalue weighted by Gasteiger charge is -2.16. The minimum absolute atomic E-state index is 0.0306. The third kappa shape index (κ3) is 2.67. The van der Waals surface area contributed by atoms with Gasteiger partial charge in [-0.15, -0.1) is 0 Å². The minimum atomic E-state index is -0.159. The molecule has 5 heteroatoms. The van der Waals surface area contributed by atoms with Crippen molar-refractivity contribution in [3.63, 3.8) is 0 Å². The number of phenols is 2. The zero-order valence-corrected chi connectivity index (χ0v) is 12.2. The van der Waals surface area contributed by atoms with Crippen LogP contribution in [0.1, 0.15) is 23.5 Å². The number of phenolic OH excluding ortho intramolecular Hbond substituents is 2. The molecule has 5 N–H and O–H groups in total. The van der Waals surface area contributed by atoms with E-state index in [1.54, 1.807) is 6.07 Å². The fraction of sp³-hybridized carbons (Fsp3) is 0.294. The van der Waals surface area contributed by atoms with Gasteiger partial charge in [0, 0.05) is 29.8 Å². The summed E-state index contributed by atoms with van der Waals surface area (Å²) < 4.78 is 5.66. The van der Waals surface area contributed by atoms with E-state index in [1.807, 2.05) is 18.2 Å². The highest BCUT2D eigenvalue weighted by Gasteiger charge is 2.29. The molecule has 2 aromatic carbocycles. The number of nitrogens with two attached hydrogens (primary N) is 1. The molecular formula is C17H20N2O3. The summed E-state index contributed by atoms with van der Waals surface area (Å²) in [6.45, 7) is 1.96. The number of para-hydroxylation sites is 1. The number of nitrogens with one attached hydrogen (secondary N) is 1. The first-order valence-electron chi connectivity index (χ1n) is 7.42. The van der Waals surface area contributed by atoms with Gasteiger partial charge >= 0.3 is 0 Å². The number of hydrogen-bond donors (Lipinski definition) is 4. The topological polar surface area (TPSA) is 87.7 Å². The standard InChI is InChI=1S/C17H20N2O3/c18-6-3-7-19-14-5-2-1-4-11(14)13-10-22-17-9-16(21)15(20)8-12(13)17/h1-2,4-5,8-9,13,19-21H,3,6-7,10,18H2. The largest absolute Gasteiger partial charge is 0.504 e. The van der Waals surface area contributed by atoms with Crippen molar-refractivity contribution < 1.29 is 14.9 Å². The molecule has 1 heterocycles. The molecule has 22 heavy (non-hydrogen) atoms. The Bertz CT molecular complexity index is 673. The Balaban J connectivity index is 1.92. The predicted octanol–water partition coefficient (Wildman–Crippen LogP) is 2.38. The van der Waals surface area contributed by atoms with Crippen molar-refractivity contribution in [3.05, 3.63) is 47.5 Å². The molecule has 0 aromatic heterocycles. The highest BCUT2D eigenvalue weighted by Crippen LogP contribution is 2.45. The smallest absolute Gasteiger partial charge is 0.161 e. The molecule has 5 nitrogen and oxygen atoms in total. The number of rotatable bonds is 5. The summed E-state index contributed by atoms with van der Waals surface area (Å²) in [6.07, 6.45) is 0.904. The first-order valence-corrected chi connectivity index (χ1v) is 7.42. The van der Waals surface area contributed by atoms with Crippen molar-refractivity contribution in [1.82, 2.24) is 0 Å². The van der Waals surface area contributed by atoms with Gasteiger partial charge in [0.05, 0.1) is 6.61 Å². The zero-order valence-electron chi connectivity index (χ0n) is 12.2. The lowest BCUT2D eigenvalue weighted by molar-refractivity contribution is 0.340. The van der Waals surface area contributed by atoms with E-state index < -0.39 is 0 Å². The van der Waals surface area contributed by atoms with Crippen LogP contribution in [0, 0.1) is 0 Å². The quantitative estimate of drug-likeness (QED) is 0.503. The van der Waals surface area contributed by atoms with Crippen LogP contribution in [-0.4, -0.2) is 29.9 Å². The van der Waals surface area contributed by atoms with Gasteiger partial charge in [0.15, 0.2) is 11.5 Å². The van der Waals surface area contributed by atoms with Crippen molar-refractivity contribution >= 4 is 5.69 Å². The molecule has 1 aliphatic rings. The van der Waals surface area contributed by atoms with Crippen LogP contribution in [0.15, 0.2) is 36.4 Å². The summed E-state index contributed by atoms with van der Waals surface area (Å²) in [5.41, 5.74) is 8.59. The van der Waals surface area contributed by atoms with Crippen molar-refractivity contribution in [1.29, 1.82) is 0 Å². The summed E-state index contributed by atoms with van der Waals surface area (Å²) >= 11 is 0. The molecule has 0 bridgehead atoms. The van der Waals surface area contributed by atoms with Gasteiger partial charge in [-0.1, -0.05) is 18.2 Å². The summed E-state index contributed by atoms with van der Waals surface area (Å²) in [5.74, 6) is 0.372. The van der Waals surface area contributed by atoms with Gasteiger partial charge in [-0.25, -0.2) is 0 Å². The number of aromatic hydroxyl groups is 2. The molecule has 1 aliphatic heterocycles. The summed E-state index contributed by atoms with van der Waals surface area (Å²) in [4.78, 5) is 0. The van der Waals surface area contributed by atoms with E-state index in [9.17, 15) is 10.2 Å². The maximum absolute atomic E-state index is 9.76. The number of hydrogen-bond acceptors (Lipinski definition) is 5. The van der Waals surface area contributed by atoms with Crippen LogP contribution in [0.2, 0.25) is 0 Å². The van der Waals surface area contributed by atoms with Crippen molar-refractivity contribution in [3.8, 4) is 17.2 Å². The normalized spacial score (nSPS) is 16.1. The molecule has 0 amide bonds. The predicted molar refractivity (Wildman–Crippen MR) is 85.7 cm³/mol. The van der Waals surface area contributed by atoms with Gasteiger partial charge < -0.3 is 26.0 Å². The van der Waals surface area contributed by atoms with Crippen LogP contribution in [0.5, 0.6) is 17.2 Å².